The van der Waals surface area contributed by atoms with E-state index < -0.39 is 42.1 Å². The molecule has 10 nitrogen and oxygen atoms in total. The number of likely N-dealkylation sites (tertiary alicyclic amines) is 1. The number of rotatable bonds is 7. The second-order valence-corrected chi connectivity index (χ2v) is 4.85. The molecule has 0 aromatic carbocycles. The van der Waals surface area contributed by atoms with Crippen LogP contribution in [-0.4, -0.2) is 73.7 Å². The molecule has 0 aromatic heterocycles. The Labute approximate surface area is 132 Å². The van der Waals surface area contributed by atoms with Gasteiger partial charge in [0.05, 0.1) is 20.2 Å². The Bertz CT molecular complexity index is 507. The Morgan fingerprint density at radius 2 is 1.87 bits per heavy atom. The second kappa shape index (κ2) is 8.83. The zero-order chi connectivity index (χ0) is 17.4. The van der Waals surface area contributed by atoms with E-state index in [0.717, 1.165) is 0 Å². The number of nitrogens with one attached hydrogen (secondary N) is 2. The molecule has 1 unspecified atom stereocenters. The number of carbonyl (C=O) groups excluding carboxylic acids is 5. The van der Waals surface area contributed by atoms with Gasteiger partial charge in [0.2, 0.25) is 17.6 Å². The minimum atomic E-state index is -0.958. The van der Waals surface area contributed by atoms with Gasteiger partial charge in [-0.15, -0.1) is 0 Å². The molecule has 4 N–H and O–H groups in total. The van der Waals surface area contributed by atoms with Gasteiger partial charge in [-0.05, 0) is 12.8 Å². The number of Topliss-reactive ketones (excluding diaryl/α,β-unsaturated/α-hetero) is 1. The van der Waals surface area contributed by atoms with Gasteiger partial charge >= 0.3 is 5.97 Å². The molecule has 1 fully saturated rings. The smallest absolute Gasteiger partial charge is 0.325 e. The van der Waals surface area contributed by atoms with Crippen LogP contribution in [0.4, 0.5) is 0 Å². The summed E-state index contributed by atoms with van der Waals surface area (Å²) in [5.74, 6) is -3.42. The Balaban J connectivity index is 2.45. The second-order valence-electron chi connectivity index (χ2n) is 4.85. The van der Waals surface area contributed by atoms with Gasteiger partial charge in [0, 0.05) is 6.54 Å². The molecule has 23 heavy (non-hydrogen) atoms. The third kappa shape index (κ3) is 5.33. The summed E-state index contributed by atoms with van der Waals surface area (Å²) in [6.07, 6.45) is 0.988. The highest BCUT2D eigenvalue weighted by Gasteiger charge is 2.36. The number of esters is 1. The van der Waals surface area contributed by atoms with Crippen LogP contribution in [-0.2, 0) is 28.7 Å². The first-order chi connectivity index (χ1) is 10.9. The van der Waals surface area contributed by atoms with E-state index in [9.17, 15) is 24.0 Å². The Morgan fingerprint density at radius 3 is 2.48 bits per heavy atom. The van der Waals surface area contributed by atoms with Crippen LogP contribution in [0.15, 0.2) is 0 Å². The van der Waals surface area contributed by atoms with Crippen molar-refractivity contribution in [2.75, 3.05) is 33.3 Å². The summed E-state index contributed by atoms with van der Waals surface area (Å²) in [6.45, 7) is -0.652. The normalized spacial score (nSPS) is 16.6. The maximum Gasteiger partial charge on any atom is 0.325 e. The Hall–Kier alpha value is -2.49. The van der Waals surface area contributed by atoms with E-state index in [4.69, 9.17) is 5.73 Å². The lowest BCUT2D eigenvalue weighted by molar-refractivity contribution is -0.144. The minimum Gasteiger partial charge on any atom is -0.468 e. The summed E-state index contributed by atoms with van der Waals surface area (Å²) in [7, 11) is 1.17. The molecule has 0 saturated carbocycles. The number of hydrogen-bond donors (Lipinski definition) is 3. The zero-order valence-electron chi connectivity index (χ0n) is 12.8. The third-order valence-corrected chi connectivity index (χ3v) is 3.34. The molecule has 0 radical (unpaired) electrons. The predicted molar refractivity (Wildman–Crippen MR) is 76.8 cm³/mol. The molecule has 1 heterocycles. The topological polar surface area (TPSA) is 148 Å². The summed E-state index contributed by atoms with van der Waals surface area (Å²) < 4.78 is 4.33. The van der Waals surface area contributed by atoms with E-state index in [0.29, 0.717) is 19.4 Å². The van der Waals surface area contributed by atoms with Crippen LogP contribution in [0, 0.1) is 0 Å². The van der Waals surface area contributed by atoms with E-state index in [1.165, 1.54) is 12.0 Å². The molecule has 3 amide bonds. The van der Waals surface area contributed by atoms with Gasteiger partial charge in [0.15, 0.2) is 0 Å². The summed E-state index contributed by atoms with van der Waals surface area (Å²) in [5.41, 5.74) is 5.26. The molecule has 0 aliphatic carbocycles. The van der Waals surface area contributed by atoms with Crippen molar-refractivity contribution in [3.05, 3.63) is 0 Å². The number of hydrogen-bond acceptors (Lipinski definition) is 7. The molecular weight excluding hydrogens is 308 g/mol. The number of nitrogens with zero attached hydrogens (tertiary/aromatic N) is 1. The largest absolute Gasteiger partial charge is 0.468 e. The minimum absolute atomic E-state index is 0.235. The van der Waals surface area contributed by atoms with Crippen LogP contribution in [0.25, 0.3) is 0 Å². The van der Waals surface area contributed by atoms with Gasteiger partial charge in [-0.1, -0.05) is 0 Å². The lowest BCUT2D eigenvalue weighted by Crippen LogP contribution is -2.49. The number of nitrogens with two attached hydrogens (primary N) is 1. The monoisotopic (exact) mass is 328 g/mol. The van der Waals surface area contributed by atoms with Gasteiger partial charge in [0.25, 0.3) is 5.91 Å². The van der Waals surface area contributed by atoms with Crippen LogP contribution in [0.3, 0.4) is 0 Å². The predicted octanol–water partition coefficient (Wildman–Crippen LogP) is -3.09. The highest BCUT2D eigenvalue weighted by molar-refractivity contribution is 6.38. The molecule has 0 aromatic rings. The summed E-state index contributed by atoms with van der Waals surface area (Å²) in [5, 5.41) is 4.37. The third-order valence-electron chi connectivity index (χ3n) is 3.34. The van der Waals surface area contributed by atoms with Crippen molar-refractivity contribution in [2.45, 2.75) is 18.9 Å². The summed E-state index contributed by atoms with van der Waals surface area (Å²) in [4.78, 5) is 59.0. The van der Waals surface area contributed by atoms with Crippen molar-refractivity contribution in [2.24, 2.45) is 5.73 Å². The lowest BCUT2D eigenvalue weighted by atomic mass is 10.1. The van der Waals surface area contributed by atoms with Gasteiger partial charge in [-0.2, -0.15) is 0 Å². The fourth-order valence-corrected chi connectivity index (χ4v) is 2.16. The van der Waals surface area contributed by atoms with Crippen molar-refractivity contribution in [3.63, 3.8) is 0 Å². The summed E-state index contributed by atoms with van der Waals surface area (Å²) in [6, 6.07) is -0.843. The lowest BCUT2D eigenvalue weighted by Gasteiger charge is -2.22. The number of ether oxygens (including phenoxy) is 1. The molecule has 1 rings (SSSR count). The molecular formula is C13H20N4O6. The average molecular weight is 328 g/mol. The molecule has 1 aliphatic rings. The SMILES string of the molecule is COC(=O)CNC(=O)CNC(=O)C(=O)C1CCCN1C(=O)CN. The molecule has 1 saturated heterocycles. The van der Waals surface area contributed by atoms with E-state index >= 15 is 0 Å². The van der Waals surface area contributed by atoms with Gasteiger partial charge in [-0.3, -0.25) is 24.0 Å². The Kier molecular flexibility index (Phi) is 7.13. The maximum atomic E-state index is 12.0. The van der Waals surface area contributed by atoms with Gasteiger partial charge in [-0.25, -0.2) is 0 Å². The molecule has 1 atom stereocenters. The van der Waals surface area contributed by atoms with E-state index in [-0.39, 0.29) is 13.1 Å². The van der Waals surface area contributed by atoms with Crippen LogP contribution in [0.5, 0.6) is 0 Å². The van der Waals surface area contributed by atoms with E-state index in [2.05, 4.69) is 15.4 Å². The first-order valence-corrected chi connectivity index (χ1v) is 7.05. The standard InChI is InChI=1S/C13H20N4O6/c1-23-11(20)7-15-9(18)6-16-13(22)12(21)8-3-2-4-17(8)10(19)5-14/h8H,2-7,14H2,1H3,(H,15,18)(H,16,22). The maximum absolute atomic E-state index is 12.0. The van der Waals surface area contributed by atoms with E-state index in [1.54, 1.807) is 0 Å². The number of carbonyl (C=O) groups is 5. The fourth-order valence-electron chi connectivity index (χ4n) is 2.16. The number of methoxy groups -OCH3 is 1. The Morgan fingerprint density at radius 1 is 1.17 bits per heavy atom. The van der Waals surface area contributed by atoms with E-state index in [1.807, 2.05) is 0 Å². The summed E-state index contributed by atoms with van der Waals surface area (Å²) >= 11 is 0. The first-order valence-electron chi connectivity index (χ1n) is 7.05. The van der Waals surface area contributed by atoms with Crippen molar-refractivity contribution >= 4 is 29.5 Å². The molecule has 10 heteroatoms. The molecule has 0 spiro atoms. The quantitative estimate of drug-likeness (QED) is 0.331. The average Bonchev–Trinajstić information content (AvgIpc) is 3.05. The van der Waals surface area contributed by atoms with Crippen LogP contribution < -0.4 is 16.4 Å². The zero-order valence-corrected chi connectivity index (χ0v) is 12.8. The number of amides is 3. The van der Waals surface area contributed by atoms with Crippen LogP contribution in [0.1, 0.15) is 12.8 Å². The highest BCUT2D eigenvalue weighted by atomic mass is 16.5. The fraction of sp³-hybridized carbons (Fsp3) is 0.615. The van der Waals surface area contributed by atoms with Crippen molar-refractivity contribution in [3.8, 4) is 0 Å². The number of ketones is 1. The van der Waals surface area contributed by atoms with Crippen LogP contribution >= 0.6 is 0 Å². The van der Waals surface area contributed by atoms with Crippen molar-refractivity contribution in [1.82, 2.24) is 15.5 Å². The molecule has 0 bridgehead atoms. The van der Waals surface area contributed by atoms with Crippen LogP contribution in [0.2, 0.25) is 0 Å². The van der Waals surface area contributed by atoms with Crippen molar-refractivity contribution in [1.29, 1.82) is 0 Å². The van der Waals surface area contributed by atoms with Crippen molar-refractivity contribution < 1.29 is 28.7 Å². The molecule has 1 aliphatic heterocycles. The first kappa shape index (κ1) is 18.6. The highest BCUT2D eigenvalue weighted by Crippen LogP contribution is 2.17. The van der Waals surface area contributed by atoms with Gasteiger partial charge in [0.1, 0.15) is 12.6 Å². The van der Waals surface area contributed by atoms with Gasteiger partial charge < -0.3 is 26.0 Å². The molecule has 128 valence electrons.